The van der Waals surface area contributed by atoms with E-state index in [0.29, 0.717) is 21.7 Å². The molecule has 0 aliphatic heterocycles. The molecule has 5 nitrogen and oxygen atoms in total. The van der Waals surface area contributed by atoms with Gasteiger partial charge < -0.3 is 5.32 Å². The molecule has 1 aromatic heterocycles. The van der Waals surface area contributed by atoms with Crippen LogP contribution in [0.1, 0.15) is 31.9 Å². The van der Waals surface area contributed by atoms with Gasteiger partial charge in [0.2, 0.25) is 5.91 Å². The van der Waals surface area contributed by atoms with Crippen molar-refractivity contribution in [2.24, 2.45) is 0 Å². The van der Waals surface area contributed by atoms with E-state index in [4.69, 9.17) is 0 Å². The van der Waals surface area contributed by atoms with Crippen molar-refractivity contribution in [3.05, 3.63) is 64.2 Å². The molecule has 1 amide bonds. The first-order valence-corrected chi connectivity index (χ1v) is 10.1. The first kappa shape index (κ1) is 20.1. The first-order valence-electron chi connectivity index (χ1n) is 9.10. The zero-order chi connectivity index (χ0) is 20.3. The maximum Gasteiger partial charge on any atom is 0.262 e. The van der Waals surface area contributed by atoms with E-state index in [0.717, 1.165) is 12.0 Å². The minimum Gasteiger partial charge on any atom is -0.325 e. The number of nitrogens with zero attached hydrogens (tertiary/aromatic N) is 2. The molecule has 0 spiro atoms. The molecule has 1 heterocycles. The average Bonchev–Trinajstić information content (AvgIpc) is 2.69. The van der Waals surface area contributed by atoms with Gasteiger partial charge in [0.25, 0.3) is 5.56 Å². The summed E-state index contributed by atoms with van der Waals surface area (Å²) in [6, 6.07) is 11.4. The highest BCUT2D eigenvalue weighted by molar-refractivity contribution is 7.99. The third kappa shape index (κ3) is 4.25. The maximum atomic E-state index is 13.4. The molecule has 3 rings (SSSR count). The Balaban J connectivity index is 1.86. The lowest BCUT2D eigenvalue weighted by atomic mass is 10.2. The number of thioether (sulfide) groups is 1. The molecule has 0 bridgehead atoms. The van der Waals surface area contributed by atoms with Crippen molar-refractivity contribution in [3.63, 3.8) is 0 Å². The predicted octanol–water partition coefficient (Wildman–Crippen LogP) is 4.55. The molecule has 2 aromatic carbocycles. The predicted molar refractivity (Wildman–Crippen MR) is 111 cm³/mol. The lowest BCUT2D eigenvalue weighted by Crippen LogP contribution is -2.26. The second-order valence-corrected chi connectivity index (χ2v) is 7.58. The Hall–Kier alpha value is -2.67. The van der Waals surface area contributed by atoms with Crippen LogP contribution in [0.5, 0.6) is 0 Å². The van der Waals surface area contributed by atoms with E-state index in [9.17, 15) is 14.0 Å². The van der Waals surface area contributed by atoms with E-state index < -0.39 is 5.82 Å². The Labute approximate surface area is 167 Å². The summed E-state index contributed by atoms with van der Waals surface area (Å²) in [7, 11) is 0. The molecule has 1 N–H and O–H groups in total. The highest BCUT2D eigenvalue weighted by Gasteiger charge is 2.17. The van der Waals surface area contributed by atoms with Gasteiger partial charge in [0, 0.05) is 11.7 Å². The third-order valence-corrected chi connectivity index (χ3v) is 5.57. The van der Waals surface area contributed by atoms with Crippen LogP contribution in [0.2, 0.25) is 0 Å². The molecule has 0 fully saturated rings. The SMILES string of the molecule is CC[C@H](C)n1c(SCC(=O)Nc2cc(F)ccc2C)nc2ccccc2c1=O. The third-order valence-electron chi connectivity index (χ3n) is 4.61. The van der Waals surface area contributed by atoms with Gasteiger partial charge in [-0.2, -0.15) is 0 Å². The van der Waals surface area contributed by atoms with Gasteiger partial charge >= 0.3 is 0 Å². The van der Waals surface area contributed by atoms with Gasteiger partial charge in [0.1, 0.15) is 5.82 Å². The fourth-order valence-electron chi connectivity index (χ4n) is 2.84. The normalized spacial score (nSPS) is 12.1. The molecule has 0 saturated heterocycles. The number of amides is 1. The van der Waals surface area contributed by atoms with E-state index in [1.807, 2.05) is 26.0 Å². The summed E-state index contributed by atoms with van der Waals surface area (Å²) in [4.78, 5) is 29.9. The highest BCUT2D eigenvalue weighted by Crippen LogP contribution is 2.23. The molecule has 146 valence electrons. The van der Waals surface area contributed by atoms with Crippen molar-refractivity contribution < 1.29 is 9.18 Å². The number of hydrogen-bond acceptors (Lipinski definition) is 4. The van der Waals surface area contributed by atoms with Crippen LogP contribution in [0.25, 0.3) is 10.9 Å². The van der Waals surface area contributed by atoms with Crippen LogP contribution < -0.4 is 10.9 Å². The molecule has 28 heavy (non-hydrogen) atoms. The molecule has 0 unspecified atom stereocenters. The molecular weight excluding hydrogens is 377 g/mol. The minimum absolute atomic E-state index is 0.0411. The summed E-state index contributed by atoms with van der Waals surface area (Å²) >= 11 is 1.20. The van der Waals surface area contributed by atoms with Crippen molar-refractivity contribution in [1.29, 1.82) is 0 Å². The van der Waals surface area contributed by atoms with Crippen LogP contribution >= 0.6 is 11.8 Å². The number of carbonyl (C=O) groups is 1. The van der Waals surface area contributed by atoms with Gasteiger partial charge in [-0.15, -0.1) is 0 Å². The summed E-state index contributed by atoms with van der Waals surface area (Å²) < 4.78 is 15.1. The van der Waals surface area contributed by atoms with Crippen molar-refractivity contribution in [2.45, 2.75) is 38.4 Å². The smallest absolute Gasteiger partial charge is 0.262 e. The fraction of sp³-hybridized carbons (Fsp3) is 0.286. The van der Waals surface area contributed by atoms with Crippen molar-refractivity contribution in [1.82, 2.24) is 9.55 Å². The van der Waals surface area contributed by atoms with E-state index in [1.54, 1.807) is 29.7 Å². The number of nitrogens with one attached hydrogen (secondary N) is 1. The highest BCUT2D eigenvalue weighted by atomic mass is 32.2. The van der Waals surface area contributed by atoms with E-state index >= 15 is 0 Å². The van der Waals surface area contributed by atoms with Crippen LogP contribution in [0.4, 0.5) is 10.1 Å². The largest absolute Gasteiger partial charge is 0.325 e. The summed E-state index contributed by atoms with van der Waals surface area (Å²) in [5, 5.41) is 3.79. The number of benzene rings is 2. The number of fused-ring (bicyclic) bond motifs is 1. The summed E-state index contributed by atoms with van der Waals surface area (Å²) in [5.41, 5.74) is 1.72. The summed E-state index contributed by atoms with van der Waals surface area (Å²) in [6.07, 6.45) is 0.766. The summed E-state index contributed by atoms with van der Waals surface area (Å²) in [5.74, 6) is -0.621. The Morgan fingerprint density at radius 3 is 2.79 bits per heavy atom. The van der Waals surface area contributed by atoms with Crippen molar-refractivity contribution in [3.8, 4) is 0 Å². The van der Waals surface area contributed by atoms with Crippen LogP contribution in [-0.4, -0.2) is 21.2 Å². The topological polar surface area (TPSA) is 64.0 Å². The number of rotatable bonds is 6. The lowest BCUT2D eigenvalue weighted by molar-refractivity contribution is -0.113. The number of aryl methyl sites for hydroxylation is 1. The molecule has 0 radical (unpaired) electrons. The van der Waals surface area contributed by atoms with Gasteiger partial charge in [-0.05, 0) is 50.1 Å². The minimum atomic E-state index is -0.407. The number of para-hydroxylation sites is 1. The van der Waals surface area contributed by atoms with Crippen molar-refractivity contribution >= 4 is 34.3 Å². The average molecular weight is 399 g/mol. The van der Waals surface area contributed by atoms with Gasteiger partial charge in [-0.25, -0.2) is 9.37 Å². The van der Waals surface area contributed by atoms with Crippen LogP contribution in [-0.2, 0) is 4.79 Å². The molecule has 3 aromatic rings. The Kier molecular flexibility index (Phi) is 6.14. The van der Waals surface area contributed by atoms with Gasteiger partial charge in [-0.3, -0.25) is 14.2 Å². The summed E-state index contributed by atoms with van der Waals surface area (Å²) in [6.45, 7) is 5.76. The van der Waals surface area contributed by atoms with Crippen molar-refractivity contribution in [2.75, 3.05) is 11.1 Å². The quantitative estimate of drug-likeness (QED) is 0.488. The molecular formula is C21H22FN3O2S. The second kappa shape index (κ2) is 8.56. The Morgan fingerprint density at radius 1 is 1.29 bits per heavy atom. The zero-order valence-corrected chi connectivity index (χ0v) is 16.8. The monoisotopic (exact) mass is 399 g/mol. The van der Waals surface area contributed by atoms with Gasteiger partial charge in [0.05, 0.1) is 16.7 Å². The zero-order valence-electron chi connectivity index (χ0n) is 16.0. The number of halogens is 1. The second-order valence-electron chi connectivity index (χ2n) is 6.64. The molecule has 0 aliphatic carbocycles. The number of carbonyl (C=O) groups excluding carboxylic acids is 1. The van der Waals surface area contributed by atoms with E-state index in [1.165, 1.54) is 23.9 Å². The van der Waals surface area contributed by atoms with Crippen LogP contribution in [0.15, 0.2) is 52.4 Å². The number of aromatic nitrogens is 2. The maximum absolute atomic E-state index is 13.4. The Morgan fingerprint density at radius 2 is 2.04 bits per heavy atom. The van der Waals surface area contributed by atoms with Crippen LogP contribution in [0.3, 0.4) is 0 Å². The molecule has 0 saturated carbocycles. The van der Waals surface area contributed by atoms with E-state index in [-0.39, 0.29) is 23.3 Å². The lowest BCUT2D eigenvalue weighted by Gasteiger charge is -2.18. The number of anilines is 1. The van der Waals surface area contributed by atoms with Crippen LogP contribution in [0, 0.1) is 12.7 Å². The standard InChI is InChI=1S/C21H22FN3O2S/c1-4-14(3)25-20(27)16-7-5-6-8-17(16)24-21(25)28-12-19(26)23-18-11-15(22)10-9-13(18)2/h5-11,14H,4,12H2,1-3H3,(H,23,26)/t14-/m0/s1. The van der Waals surface area contributed by atoms with Gasteiger partial charge in [0.15, 0.2) is 5.16 Å². The molecule has 7 heteroatoms. The molecule has 1 atom stereocenters. The van der Waals surface area contributed by atoms with E-state index in [2.05, 4.69) is 10.3 Å². The first-order chi connectivity index (χ1) is 13.4. The molecule has 0 aliphatic rings. The Bertz CT molecular complexity index is 1080. The van der Waals surface area contributed by atoms with Gasteiger partial charge in [-0.1, -0.05) is 36.9 Å². The fourth-order valence-corrected chi connectivity index (χ4v) is 3.74. The number of hydrogen-bond donors (Lipinski definition) is 1.